The number of carbonyl (C=O) groups excluding carboxylic acids is 1. The molecule has 3 aromatic rings. The third-order valence-electron chi connectivity index (χ3n) is 6.70. The molecule has 0 saturated heterocycles. The van der Waals surface area contributed by atoms with Gasteiger partial charge in [0.15, 0.2) is 0 Å². The molecule has 0 aromatic heterocycles. The van der Waals surface area contributed by atoms with Crippen LogP contribution in [0.2, 0.25) is 5.02 Å². The first-order chi connectivity index (χ1) is 14.4. The summed E-state index contributed by atoms with van der Waals surface area (Å²) in [5, 5.41) is 9.97. The first kappa shape index (κ1) is 18.9. The number of nitrogens with zero attached hydrogens (tertiary/aromatic N) is 1. The van der Waals surface area contributed by atoms with Crippen molar-refractivity contribution < 1.29 is 14.7 Å². The molecule has 4 nitrogen and oxygen atoms in total. The van der Waals surface area contributed by atoms with E-state index in [1.165, 1.54) is 0 Å². The lowest BCUT2D eigenvalue weighted by molar-refractivity contribution is -0.120. The Morgan fingerprint density at radius 2 is 1.80 bits per heavy atom. The second-order valence-electron chi connectivity index (χ2n) is 8.34. The van der Waals surface area contributed by atoms with Gasteiger partial charge in [0, 0.05) is 16.1 Å². The van der Waals surface area contributed by atoms with Gasteiger partial charge in [0.1, 0.15) is 0 Å². The molecule has 30 heavy (non-hydrogen) atoms. The zero-order valence-electron chi connectivity index (χ0n) is 16.4. The van der Waals surface area contributed by atoms with Gasteiger partial charge in [-0.1, -0.05) is 61.0 Å². The number of halogens is 1. The number of para-hydroxylation sites is 1. The molecule has 1 N–H and O–H groups in total. The summed E-state index contributed by atoms with van der Waals surface area (Å²) in [7, 11) is 0. The SMILES string of the molecule is CC1(c2ccc(Cl)cc2)CC12C(=O)N(Cc1cccc(C(=O)O)c1)c1ccccc12. The van der Waals surface area contributed by atoms with Crippen molar-refractivity contribution in [2.75, 3.05) is 4.90 Å². The average Bonchev–Trinajstić information content (AvgIpc) is 3.33. The Bertz CT molecular complexity index is 1190. The van der Waals surface area contributed by atoms with E-state index in [0.717, 1.165) is 28.8 Å². The van der Waals surface area contributed by atoms with E-state index in [-0.39, 0.29) is 16.9 Å². The molecule has 1 aliphatic heterocycles. The largest absolute Gasteiger partial charge is 0.478 e. The molecule has 3 aromatic carbocycles. The fraction of sp³-hybridized carbons (Fsp3) is 0.200. The highest BCUT2D eigenvalue weighted by atomic mass is 35.5. The minimum absolute atomic E-state index is 0.0712. The summed E-state index contributed by atoms with van der Waals surface area (Å²) in [5.74, 6) is -0.902. The number of carbonyl (C=O) groups is 2. The van der Waals surface area contributed by atoms with E-state index in [4.69, 9.17) is 11.6 Å². The summed E-state index contributed by atoms with van der Waals surface area (Å²) >= 11 is 6.07. The van der Waals surface area contributed by atoms with Gasteiger partial charge in [0.25, 0.3) is 0 Å². The van der Waals surface area contributed by atoms with E-state index in [1.807, 2.05) is 54.6 Å². The smallest absolute Gasteiger partial charge is 0.335 e. The molecule has 2 aliphatic rings. The quantitative estimate of drug-likeness (QED) is 0.636. The summed E-state index contributed by atoms with van der Waals surface area (Å²) in [4.78, 5) is 27.0. The van der Waals surface area contributed by atoms with Crippen LogP contribution in [-0.4, -0.2) is 17.0 Å². The summed E-state index contributed by atoms with van der Waals surface area (Å²) in [5.41, 5.74) is 3.17. The number of carboxylic acid groups (broad SMARTS) is 1. The van der Waals surface area contributed by atoms with E-state index in [0.29, 0.717) is 11.6 Å². The Kier molecular flexibility index (Phi) is 4.06. The fourth-order valence-corrected chi connectivity index (χ4v) is 5.15. The Morgan fingerprint density at radius 3 is 2.53 bits per heavy atom. The van der Waals surface area contributed by atoms with Crippen molar-refractivity contribution in [2.45, 2.75) is 30.7 Å². The van der Waals surface area contributed by atoms with E-state index in [9.17, 15) is 14.7 Å². The number of hydrogen-bond donors (Lipinski definition) is 1. The van der Waals surface area contributed by atoms with E-state index >= 15 is 0 Å². The maximum absolute atomic E-state index is 13.8. The minimum Gasteiger partial charge on any atom is -0.478 e. The van der Waals surface area contributed by atoms with Crippen LogP contribution in [0.15, 0.2) is 72.8 Å². The molecular weight excluding hydrogens is 398 g/mol. The Hall–Kier alpha value is -3.11. The molecule has 0 radical (unpaired) electrons. The maximum atomic E-state index is 13.8. The molecule has 1 heterocycles. The summed E-state index contributed by atoms with van der Waals surface area (Å²) in [6.45, 7) is 2.48. The zero-order valence-corrected chi connectivity index (χ0v) is 17.2. The second kappa shape index (κ2) is 6.44. The zero-order chi connectivity index (χ0) is 21.1. The summed E-state index contributed by atoms with van der Waals surface area (Å²) < 4.78 is 0. The minimum atomic E-state index is -0.973. The number of carboxylic acids is 1. The lowest BCUT2D eigenvalue weighted by Crippen LogP contribution is -2.35. The normalized spacial score (nSPS) is 24.2. The van der Waals surface area contributed by atoms with Crippen molar-refractivity contribution in [1.29, 1.82) is 0 Å². The predicted octanol–water partition coefficient (Wildman–Crippen LogP) is 5.18. The Balaban J connectivity index is 1.55. The van der Waals surface area contributed by atoms with Gasteiger partial charge in [-0.25, -0.2) is 4.79 Å². The average molecular weight is 418 g/mol. The molecule has 2 unspecified atom stereocenters. The van der Waals surface area contributed by atoms with E-state index in [2.05, 4.69) is 6.92 Å². The first-order valence-electron chi connectivity index (χ1n) is 9.87. The lowest BCUT2D eigenvalue weighted by atomic mass is 9.83. The maximum Gasteiger partial charge on any atom is 0.335 e. The van der Waals surface area contributed by atoms with Gasteiger partial charge in [-0.05, 0) is 53.4 Å². The molecule has 5 heteroatoms. The molecular formula is C25H20ClNO3. The fourth-order valence-electron chi connectivity index (χ4n) is 5.02. The molecule has 5 rings (SSSR count). The monoisotopic (exact) mass is 417 g/mol. The molecule has 2 atom stereocenters. The number of amides is 1. The summed E-state index contributed by atoms with van der Waals surface area (Å²) in [6.07, 6.45) is 0.739. The van der Waals surface area contributed by atoms with E-state index < -0.39 is 11.4 Å². The predicted molar refractivity (Wildman–Crippen MR) is 116 cm³/mol. The molecule has 1 fully saturated rings. The van der Waals surface area contributed by atoms with Gasteiger partial charge < -0.3 is 10.0 Å². The van der Waals surface area contributed by atoms with Gasteiger partial charge in [0.2, 0.25) is 5.91 Å². The van der Waals surface area contributed by atoms with Crippen LogP contribution >= 0.6 is 11.6 Å². The standard InChI is InChI=1S/C25H20ClNO3/c1-24(18-9-11-19(26)12-10-18)15-25(24)20-7-2-3-8-21(20)27(23(25)30)14-16-5-4-6-17(13-16)22(28)29/h2-13H,14-15H2,1H3,(H,28,29). The van der Waals surface area contributed by atoms with Crippen molar-refractivity contribution in [2.24, 2.45) is 0 Å². The van der Waals surface area contributed by atoms with Crippen LogP contribution in [0.3, 0.4) is 0 Å². The van der Waals surface area contributed by atoms with Gasteiger partial charge in [-0.2, -0.15) is 0 Å². The number of aromatic carboxylic acids is 1. The lowest BCUT2D eigenvalue weighted by Gasteiger charge is -2.21. The molecule has 1 spiro atoms. The van der Waals surface area contributed by atoms with Crippen LogP contribution in [0.4, 0.5) is 5.69 Å². The van der Waals surface area contributed by atoms with Crippen molar-refractivity contribution in [3.8, 4) is 0 Å². The number of rotatable bonds is 4. The molecule has 150 valence electrons. The highest BCUT2D eigenvalue weighted by molar-refractivity contribution is 6.30. The number of hydrogen-bond acceptors (Lipinski definition) is 2. The van der Waals surface area contributed by atoms with Gasteiger partial charge in [0.05, 0.1) is 17.5 Å². The number of fused-ring (bicyclic) bond motifs is 2. The highest BCUT2D eigenvalue weighted by Gasteiger charge is 2.74. The molecule has 1 amide bonds. The first-order valence-corrected chi connectivity index (χ1v) is 10.2. The van der Waals surface area contributed by atoms with E-state index in [1.54, 1.807) is 23.1 Å². The van der Waals surface area contributed by atoms with Crippen molar-refractivity contribution in [1.82, 2.24) is 0 Å². The van der Waals surface area contributed by atoms with Crippen LogP contribution in [0.25, 0.3) is 0 Å². The molecule has 1 aliphatic carbocycles. The second-order valence-corrected chi connectivity index (χ2v) is 8.77. The van der Waals surface area contributed by atoms with Crippen molar-refractivity contribution in [3.63, 3.8) is 0 Å². The van der Waals surface area contributed by atoms with Crippen LogP contribution in [0.5, 0.6) is 0 Å². The van der Waals surface area contributed by atoms with Crippen molar-refractivity contribution >= 4 is 29.2 Å². The third-order valence-corrected chi connectivity index (χ3v) is 6.95. The Labute approximate surface area is 179 Å². The summed E-state index contributed by atoms with van der Waals surface area (Å²) in [6, 6.07) is 22.5. The number of benzene rings is 3. The van der Waals surface area contributed by atoms with Crippen LogP contribution in [0.1, 0.15) is 40.4 Å². The van der Waals surface area contributed by atoms with Crippen LogP contribution in [0, 0.1) is 0 Å². The van der Waals surface area contributed by atoms with Crippen molar-refractivity contribution in [3.05, 3.63) is 100 Å². The van der Waals surface area contributed by atoms with Crippen LogP contribution in [-0.2, 0) is 22.2 Å². The Morgan fingerprint density at radius 1 is 1.07 bits per heavy atom. The van der Waals surface area contributed by atoms with Crippen LogP contribution < -0.4 is 4.90 Å². The topological polar surface area (TPSA) is 57.6 Å². The highest BCUT2D eigenvalue weighted by Crippen LogP contribution is 2.70. The molecule has 0 bridgehead atoms. The molecule has 1 saturated carbocycles. The number of anilines is 1. The third kappa shape index (κ3) is 2.53. The van der Waals surface area contributed by atoms with Gasteiger partial charge in [-0.3, -0.25) is 4.79 Å². The van der Waals surface area contributed by atoms with Gasteiger partial charge >= 0.3 is 5.97 Å². The van der Waals surface area contributed by atoms with Gasteiger partial charge in [-0.15, -0.1) is 0 Å².